The van der Waals surface area contributed by atoms with Gasteiger partial charge >= 0.3 is 6.18 Å². The molecule has 1 amide bonds. The van der Waals surface area contributed by atoms with E-state index in [1.54, 1.807) is 0 Å². The van der Waals surface area contributed by atoms with Crippen molar-refractivity contribution in [1.82, 2.24) is 20.5 Å². The minimum absolute atomic E-state index is 0.0520. The number of nitrogens with zero attached hydrogens (tertiary/aromatic N) is 2. The van der Waals surface area contributed by atoms with Crippen LogP contribution in [0.1, 0.15) is 35.0 Å². The molecule has 2 aromatic carbocycles. The minimum Gasteiger partial charge on any atom is -0.376 e. The van der Waals surface area contributed by atoms with E-state index in [2.05, 4.69) is 20.5 Å². The second-order valence-corrected chi connectivity index (χ2v) is 6.28. The molecule has 0 saturated carbocycles. The predicted molar refractivity (Wildman–Crippen MR) is 98.5 cm³/mol. The molecule has 0 aliphatic rings. The second kappa shape index (κ2) is 9.33. The molecule has 6 nitrogen and oxygen atoms in total. The Bertz CT molecular complexity index is 915. The third kappa shape index (κ3) is 5.89. The van der Waals surface area contributed by atoms with E-state index in [-0.39, 0.29) is 30.3 Å². The van der Waals surface area contributed by atoms with E-state index < -0.39 is 17.8 Å². The van der Waals surface area contributed by atoms with Crippen molar-refractivity contribution in [3.63, 3.8) is 0 Å². The Morgan fingerprint density at radius 3 is 2.62 bits per heavy atom. The highest BCUT2D eigenvalue weighted by Crippen LogP contribution is 2.31. The monoisotopic (exact) mass is 404 g/mol. The summed E-state index contributed by atoms with van der Waals surface area (Å²) in [5, 5.41) is 9.01. The number of alkyl halides is 3. The Balaban J connectivity index is 1.63. The standard InChI is InChI=1S/C20H19F3N4O2/c21-20(22,23)16-8-4-7-15(11-16)18(19-24-13-25-27-19)26-17(28)9-10-29-12-14-5-2-1-3-6-14/h1-8,11,13,18H,9-10,12H2,(H,26,28)(H,24,25,27)/t18-/m0/s1. The third-order valence-corrected chi connectivity index (χ3v) is 4.14. The maximum Gasteiger partial charge on any atom is 0.416 e. The van der Waals surface area contributed by atoms with Gasteiger partial charge in [0.25, 0.3) is 0 Å². The molecule has 0 radical (unpaired) electrons. The van der Waals surface area contributed by atoms with Gasteiger partial charge in [0.1, 0.15) is 12.4 Å². The van der Waals surface area contributed by atoms with Crippen molar-refractivity contribution >= 4 is 5.91 Å². The molecule has 2 N–H and O–H groups in total. The van der Waals surface area contributed by atoms with Gasteiger partial charge in [0, 0.05) is 0 Å². The Labute approximate surface area is 165 Å². The van der Waals surface area contributed by atoms with E-state index in [9.17, 15) is 18.0 Å². The fraction of sp³-hybridized carbons (Fsp3) is 0.250. The van der Waals surface area contributed by atoms with Crippen LogP contribution in [0.2, 0.25) is 0 Å². The van der Waals surface area contributed by atoms with Crippen LogP contribution in [0.25, 0.3) is 0 Å². The minimum atomic E-state index is -4.49. The quantitative estimate of drug-likeness (QED) is 0.562. The van der Waals surface area contributed by atoms with Crippen LogP contribution in [0.15, 0.2) is 60.9 Å². The van der Waals surface area contributed by atoms with Crippen LogP contribution < -0.4 is 5.32 Å². The van der Waals surface area contributed by atoms with Gasteiger partial charge in [0.2, 0.25) is 5.91 Å². The normalized spacial score (nSPS) is 12.5. The Hall–Kier alpha value is -3.20. The lowest BCUT2D eigenvalue weighted by molar-refractivity contribution is -0.137. The molecule has 0 unspecified atom stereocenters. The van der Waals surface area contributed by atoms with Gasteiger partial charge in [-0.2, -0.15) is 18.3 Å². The predicted octanol–water partition coefficient (Wildman–Crippen LogP) is 3.64. The number of aromatic amines is 1. The van der Waals surface area contributed by atoms with Crippen molar-refractivity contribution in [2.24, 2.45) is 0 Å². The van der Waals surface area contributed by atoms with Crippen molar-refractivity contribution in [2.75, 3.05) is 6.61 Å². The van der Waals surface area contributed by atoms with Crippen molar-refractivity contribution < 1.29 is 22.7 Å². The van der Waals surface area contributed by atoms with E-state index >= 15 is 0 Å². The maximum absolute atomic E-state index is 13.0. The highest BCUT2D eigenvalue weighted by Gasteiger charge is 2.31. The number of carbonyl (C=O) groups is 1. The summed E-state index contributed by atoms with van der Waals surface area (Å²) in [6.45, 7) is 0.541. The molecule has 3 rings (SSSR count). The molecule has 1 atom stereocenters. The summed E-state index contributed by atoms with van der Waals surface area (Å²) in [6, 6.07) is 13.4. The fourth-order valence-corrected chi connectivity index (χ4v) is 2.72. The summed E-state index contributed by atoms with van der Waals surface area (Å²) in [7, 11) is 0. The van der Waals surface area contributed by atoms with Gasteiger partial charge < -0.3 is 10.1 Å². The lowest BCUT2D eigenvalue weighted by Gasteiger charge is -2.18. The number of amides is 1. The number of nitrogens with one attached hydrogen (secondary N) is 2. The number of aromatic nitrogens is 3. The number of ether oxygens (including phenoxy) is 1. The first-order chi connectivity index (χ1) is 13.9. The molecular formula is C20H19F3N4O2. The summed E-state index contributed by atoms with van der Waals surface area (Å²) in [4.78, 5) is 16.3. The van der Waals surface area contributed by atoms with Gasteiger partial charge in [-0.25, -0.2) is 4.98 Å². The summed E-state index contributed by atoms with van der Waals surface area (Å²) in [5.41, 5.74) is 0.423. The van der Waals surface area contributed by atoms with Crippen molar-refractivity contribution in [3.05, 3.63) is 83.4 Å². The SMILES string of the molecule is O=C(CCOCc1ccccc1)N[C@@H](c1cccc(C(F)(F)F)c1)c1ncn[nH]1. The number of hydrogen-bond acceptors (Lipinski definition) is 4. The number of hydrogen-bond donors (Lipinski definition) is 2. The number of halogens is 3. The average Bonchev–Trinajstić information content (AvgIpc) is 3.24. The number of H-pyrrole nitrogens is 1. The molecule has 29 heavy (non-hydrogen) atoms. The van der Waals surface area contributed by atoms with Gasteiger partial charge in [-0.3, -0.25) is 9.89 Å². The highest BCUT2D eigenvalue weighted by atomic mass is 19.4. The zero-order valence-corrected chi connectivity index (χ0v) is 15.3. The summed E-state index contributed by atoms with van der Waals surface area (Å²) in [5.74, 6) is -0.139. The van der Waals surface area contributed by atoms with Crippen molar-refractivity contribution in [1.29, 1.82) is 0 Å². The first-order valence-electron chi connectivity index (χ1n) is 8.87. The molecular weight excluding hydrogens is 385 g/mol. The summed E-state index contributed by atoms with van der Waals surface area (Å²) >= 11 is 0. The zero-order chi connectivity index (χ0) is 20.7. The zero-order valence-electron chi connectivity index (χ0n) is 15.3. The first-order valence-corrected chi connectivity index (χ1v) is 8.87. The molecule has 0 fully saturated rings. The summed E-state index contributed by atoms with van der Waals surface area (Å²) in [6.07, 6.45) is -3.21. The Kier molecular flexibility index (Phi) is 6.61. The molecule has 1 aromatic heterocycles. The first kappa shape index (κ1) is 20.5. The van der Waals surface area contributed by atoms with Crippen molar-refractivity contribution in [3.8, 4) is 0 Å². The molecule has 0 bridgehead atoms. The third-order valence-electron chi connectivity index (χ3n) is 4.14. The molecule has 0 spiro atoms. The molecule has 0 saturated heterocycles. The van der Waals surface area contributed by atoms with E-state index in [1.165, 1.54) is 18.5 Å². The number of benzene rings is 2. The van der Waals surface area contributed by atoms with Crippen LogP contribution >= 0.6 is 0 Å². The molecule has 9 heteroatoms. The van der Waals surface area contributed by atoms with Crippen molar-refractivity contribution in [2.45, 2.75) is 25.2 Å². The second-order valence-electron chi connectivity index (χ2n) is 6.28. The number of carbonyl (C=O) groups excluding carboxylic acids is 1. The van der Waals surface area contributed by atoms with Crippen LogP contribution in [0.3, 0.4) is 0 Å². The van der Waals surface area contributed by atoms with Gasteiger partial charge in [-0.05, 0) is 23.3 Å². The topological polar surface area (TPSA) is 79.9 Å². The molecule has 3 aromatic rings. The molecule has 152 valence electrons. The van der Waals surface area contributed by atoms with Crippen LogP contribution in [0, 0.1) is 0 Å². The Morgan fingerprint density at radius 2 is 1.93 bits per heavy atom. The van der Waals surface area contributed by atoms with E-state index in [1.807, 2.05) is 30.3 Å². The van der Waals surface area contributed by atoms with Gasteiger partial charge in [-0.15, -0.1) is 0 Å². The lowest BCUT2D eigenvalue weighted by atomic mass is 10.0. The molecule has 1 heterocycles. The lowest BCUT2D eigenvalue weighted by Crippen LogP contribution is -2.31. The smallest absolute Gasteiger partial charge is 0.376 e. The van der Waals surface area contributed by atoms with Crippen LogP contribution in [-0.4, -0.2) is 27.7 Å². The highest BCUT2D eigenvalue weighted by molar-refractivity contribution is 5.76. The van der Waals surface area contributed by atoms with Gasteiger partial charge in [0.15, 0.2) is 5.82 Å². The van der Waals surface area contributed by atoms with Gasteiger partial charge in [0.05, 0.1) is 25.2 Å². The van der Waals surface area contributed by atoms with Crippen LogP contribution in [-0.2, 0) is 22.3 Å². The van der Waals surface area contributed by atoms with E-state index in [4.69, 9.17) is 4.74 Å². The van der Waals surface area contributed by atoms with Gasteiger partial charge in [-0.1, -0.05) is 42.5 Å². The maximum atomic E-state index is 13.0. The van der Waals surface area contributed by atoms with E-state index in [0.29, 0.717) is 6.61 Å². The molecule has 0 aliphatic heterocycles. The Morgan fingerprint density at radius 1 is 1.14 bits per heavy atom. The van der Waals surface area contributed by atoms with Crippen LogP contribution in [0.5, 0.6) is 0 Å². The largest absolute Gasteiger partial charge is 0.416 e. The fourth-order valence-electron chi connectivity index (χ4n) is 2.72. The number of rotatable bonds is 8. The van der Waals surface area contributed by atoms with Crippen LogP contribution in [0.4, 0.5) is 13.2 Å². The summed E-state index contributed by atoms with van der Waals surface area (Å²) < 4.78 is 44.6. The van der Waals surface area contributed by atoms with E-state index in [0.717, 1.165) is 17.7 Å². The molecule has 0 aliphatic carbocycles. The average molecular weight is 404 g/mol.